The summed E-state index contributed by atoms with van der Waals surface area (Å²) in [5.41, 5.74) is 11.2. The second-order valence-corrected chi connectivity index (χ2v) is 6.96. The van der Waals surface area contributed by atoms with Crippen LogP contribution in [-0.4, -0.2) is 21.7 Å². The van der Waals surface area contributed by atoms with Crippen LogP contribution in [0.15, 0.2) is 60.7 Å². The molecule has 0 saturated carbocycles. The van der Waals surface area contributed by atoms with Gasteiger partial charge in [0.15, 0.2) is 0 Å². The van der Waals surface area contributed by atoms with Gasteiger partial charge in [0.2, 0.25) is 5.91 Å². The van der Waals surface area contributed by atoms with Crippen LogP contribution in [0.2, 0.25) is 0 Å². The maximum Gasteiger partial charge on any atom is 0.237 e. The first-order valence-electron chi connectivity index (χ1n) is 9.17. The van der Waals surface area contributed by atoms with Gasteiger partial charge in [-0.15, -0.1) is 0 Å². The molecule has 0 fully saturated rings. The Bertz CT molecular complexity index is 900. The average Bonchev–Trinajstić information content (AvgIpc) is 3.00. The fourth-order valence-corrected chi connectivity index (χ4v) is 3.16. The van der Waals surface area contributed by atoms with Gasteiger partial charge in [0.1, 0.15) is 0 Å². The summed E-state index contributed by atoms with van der Waals surface area (Å²) in [6.45, 7) is 5.98. The number of aryl methyl sites for hydroxylation is 2. The van der Waals surface area contributed by atoms with E-state index in [4.69, 9.17) is 5.73 Å². The van der Waals surface area contributed by atoms with Crippen molar-refractivity contribution in [3.63, 3.8) is 0 Å². The van der Waals surface area contributed by atoms with Crippen molar-refractivity contribution in [1.82, 2.24) is 15.1 Å². The van der Waals surface area contributed by atoms with Gasteiger partial charge in [-0.05, 0) is 56.5 Å². The van der Waals surface area contributed by atoms with Crippen LogP contribution >= 0.6 is 0 Å². The monoisotopic (exact) mass is 362 g/mol. The van der Waals surface area contributed by atoms with Crippen molar-refractivity contribution in [2.24, 2.45) is 5.73 Å². The Labute approximate surface area is 160 Å². The highest BCUT2D eigenvalue weighted by atomic mass is 16.2. The van der Waals surface area contributed by atoms with Gasteiger partial charge in [-0.3, -0.25) is 4.79 Å². The number of hydrogen-bond acceptors (Lipinski definition) is 3. The normalized spacial score (nSPS) is 13.2. The second-order valence-electron chi connectivity index (χ2n) is 6.96. The Hall–Kier alpha value is -2.92. The van der Waals surface area contributed by atoms with Crippen LogP contribution in [0.5, 0.6) is 0 Å². The van der Waals surface area contributed by atoms with E-state index in [9.17, 15) is 4.79 Å². The Morgan fingerprint density at radius 2 is 1.78 bits per heavy atom. The van der Waals surface area contributed by atoms with E-state index in [2.05, 4.69) is 10.4 Å². The number of nitrogens with zero attached hydrogens (tertiary/aromatic N) is 2. The van der Waals surface area contributed by atoms with E-state index in [-0.39, 0.29) is 11.9 Å². The van der Waals surface area contributed by atoms with Gasteiger partial charge in [0, 0.05) is 5.69 Å². The minimum Gasteiger partial charge on any atom is -0.348 e. The van der Waals surface area contributed by atoms with Crippen molar-refractivity contribution in [1.29, 1.82) is 0 Å². The largest absolute Gasteiger partial charge is 0.348 e. The van der Waals surface area contributed by atoms with Crippen molar-refractivity contribution in [2.45, 2.75) is 39.3 Å². The predicted octanol–water partition coefficient (Wildman–Crippen LogP) is 3.24. The number of nitrogens with two attached hydrogens (primary N) is 1. The van der Waals surface area contributed by atoms with Crippen LogP contribution in [0.25, 0.3) is 5.69 Å². The number of aromatic nitrogens is 2. The van der Waals surface area contributed by atoms with E-state index < -0.39 is 6.04 Å². The van der Waals surface area contributed by atoms with Crippen LogP contribution in [0.3, 0.4) is 0 Å². The summed E-state index contributed by atoms with van der Waals surface area (Å²) in [4.78, 5) is 12.4. The first-order valence-corrected chi connectivity index (χ1v) is 9.17. The van der Waals surface area contributed by atoms with Gasteiger partial charge in [-0.1, -0.05) is 42.5 Å². The van der Waals surface area contributed by atoms with Gasteiger partial charge in [-0.25, -0.2) is 4.68 Å². The molecule has 0 saturated heterocycles. The molecular weight excluding hydrogens is 336 g/mol. The average molecular weight is 362 g/mol. The van der Waals surface area contributed by atoms with Crippen molar-refractivity contribution >= 4 is 5.91 Å². The molecule has 2 atom stereocenters. The summed E-state index contributed by atoms with van der Waals surface area (Å²) in [7, 11) is 0. The topological polar surface area (TPSA) is 72.9 Å². The molecule has 1 heterocycles. The quantitative estimate of drug-likeness (QED) is 0.707. The lowest BCUT2D eigenvalue weighted by molar-refractivity contribution is -0.123. The first-order chi connectivity index (χ1) is 12.9. The SMILES string of the molecule is Cc1cc(C)n(-c2ccc(C(C)NC(=O)C(N)Cc3ccccc3)cc2)n1. The molecule has 140 valence electrons. The summed E-state index contributed by atoms with van der Waals surface area (Å²) in [5.74, 6) is -0.144. The molecule has 1 amide bonds. The van der Waals surface area contributed by atoms with Gasteiger partial charge < -0.3 is 11.1 Å². The fourth-order valence-electron chi connectivity index (χ4n) is 3.16. The van der Waals surface area contributed by atoms with E-state index in [0.717, 1.165) is 28.2 Å². The third kappa shape index (κ3) is 4.63. The van der Waals surface area contributed by atoms with Gasteiger partial charge in [-0.2, -0.15) is 5.10 Å². The zero-order valence-corrected chi connectivity index (χ0v) is 16.0. The maximum atomic E-state index is 12.4. The lowest BCUT2D eigenvalue weighted by Crippen LogP contribution is -2.42. The Morgan fingerprint density at radius 1 is 1.11 bits per heavy atom. The number of amides is 1. The maximum absolute atomic E-state index is 12.4. The molecule has 0 aliphatic carbocycles. The highest BCUT2D eigenvalue weighted by Crippen LogP contribution is 2.17. The molecular formula is C22H26N4O. The Morgan fingerprint density at radius 3 is 2.37 bits per heavy atom. The lowest BCUT2D eigenvalue weighted by Gasteiger charge is -2.18. The Balaban J connectivity index is 1.62. The molecule has 0 aliphatic rings. The zero-order chi connectivity index (χ0) is 19.4. The van der Waals surface area contributed by atoms with Crippen molar-refractivity contribution in [3.05, 3.63) is 83.2 Å². The van der Waals surface area contributed by atoms with Crippen LogP contribution in [0, 0.1) is 13.8 Å². The molecule has 0 aliphatic heterocycles. The van der Waals surface area contributed by atoms with Crippen molar-refractivity contribution < 1.29 is 4.79 Å². The molecule has 2 unspecified atom stereocenters. The van der Waals surface area contributed by atoms with Gasteiger partial charge in [0.05, 0.1) is 23.5 Å². The van der Waals surface area contributed by atoms with E-state index in [0.29, 0.717) is 6.42 Å². The molecule has 27 heavy (non-hydrogen) atoms. The summed E-state index contributed by atoms with van der Waals surface area (Å²) < 4.78 is 1.91. The minimum absolute atomic E-state index is 0.117. The van der Waals surface area contributed by atoms with Crippen LogP contribution in [0.4, 0.5) is 0 Å². The minimum atomic E-state index is -0.566. The standard InChI is InChI=1S/C22H26N4O/c1-15-13-16(2)26(25-15)20-11-9-19(10-12-20)17(3)24-22(27)21(23)14-18-7-5-4-6-8-18/h4-13,17,21H,14,23H2,1-3H3,(H,24,27). The van der Waals surface area contributed by atoms with Crippen molar-refractivity contribution in [2.75, 3.05) is 0 Å². The highest BCUT2D eigenvalue weighted by Gasteiger charge is 2.17. The molecule has 3 rings (SSSR count). The molecule has 0 bridgehead atoms. The number of carbonyl (C=O) groups excluding carboxylic acids is 1. The number of carbonyl (C=O) groups is 1. The summed E-state index contributed by atoms with van der Waals surface area (Å²) in [5, 5.41) is 7.50. The van der Waals surface area contributed by atoms with Gasteiger partial charge in [0.25, 0.3) is 0 Å². The van der Waals surface area contributed by atoms with E-state index in [1.807, 2.05) is 86.1 Å². The molecule has 5 nitrogen and oxygen atoms in total. The molecule has 0 spiro atoms. The molecule has 0 radical (unpaired) electrons. The van der Waals surface area contributed by atoms with Crippen LogP contribution in [-0.2, 0) is 11.2 Å². The lowest BCUT2D eigenvalue weighted by atomic mass is 10.0. The molecule has 1 aromatic heterocycles. The number of benzene rings is 2. The fraction of sp³-hybridized carbons (Fsp3) is 0.273. The van der Waals surface area contributed by atoms with Gasteiger partial charge >= 0.3 is 0 Å². The molecule has 5 heteroatoms. The third-order valence-corrected chi connectivity index (χ3v) is 4.64. The Kier molecular flexibility index (Phi) is 5.72. The predicted molar refractivity (Wildman–Crippen MR) is 108 cm³/mol. The van der Waals surface area contributed by atoms with Crippen LogP contribution in [0.1, 0.15) is 35.5 Å². The summed E-state index contributed by atoms with van der Waals surface area (Å²) in [6.07, 6.45) is 0.524. The smallest absolute Gasteiger partial charge is 0.237 e. The number of nitrogens with one attached hydrogen (secondary N) is 1. The zero-order valence-electron chi connectivity index (χ0n) is 16.0. The molecule has 3 N–H and O–H groups in total. The van der Waals surface area contributed by atoms with Crippen LogP contribution < -0.4 is 11.1 Å². The highest BCUT2D eigenvalue weighted by molar-refractivity contribution is 5.82. The summed E-state index contributed by atoms with van der Waals surface area (Å²) in [6, 6.07) is 19.2. The van der Waals surface area contributed by atoms with E-state index in [1.165, 1.54) is 0 Å². The molecule has 3 aromatic rings. The second kappa shape index (κ2) is 8.18. The molecule has 2 aromatic carbocycles. The number of rotatable bonds is 6. The van der Waals surface area contributed by atoms with E-state index in [1.54, 1.807) is 0 Å². The third-order valence-electron chi connectivity index (χ3n) is 4.64. The van der Waals surface area contributed by atoms with Crippen molar-refractivity contribution in [3.8, 4) is 5.69 Å². The summed E-state index contributed by atoms with van der Waals surface area (Å²) >= 11 is 0. The first kappa shape index (κ1) is 18.9. The van der Waals surface area contributed by atoms with E-state index >= 15 is 0 Å². The number of hydrogen-bond donors (Lipinski definition) is 2.